The molecule has 0 saturated heterocycles. The lowest BCUT2D eigenvalue weighted by Gasteiger charge is -1.97. The second-order valence-corrected chi connectivity index (χ2v) is 4.01. The van der Waals surface area contributed by atoms with Crippen molar-refractivity contribution in [2.45, 2.75) is 19.4 Å². The third-order valence-corrected chi connectivity index (χ3v) is 2.65. The normalized spacial score (nSPS) is 10.6. The number of hydrogen-bond donors (Lipinski definition) is 0. The molecule has 0 fully saturated rings. The molecule has 1 aromatic carbocycles. The van der Waals surface area contributed by atoms with Crippen LogP contribution in [0.3, 0.4) is 0 Å². The Labute approximate surface area is 100 Å². The molecule has 2 aromatic rings. The Bertz CT molecular complexity index is 425. The van der Waals surface area contributed by atoms with Gasteiger partial charge < -0.3 is 0 Å². The van der Waals surface area contributed by atoms with Gasteiger partial charge in [-0.15, -0.1) is 16.7 Å². The highest BCUT2D eigenvalue weighted by Crippen LogP contribution is 2.14. The molecule has 0 saturated carbocycles. The van der Waals surface area contributed by atoms with Crippen LogP contribution >= 0.6 is 11.6 Å². The maximum atomic E-state index is 5.62. The van der Waals surface area contributed by atoms with E-state index in [1.54, 1.807) is 0 Å². The molecule has 0 aliphatic heterocycles. The summed E-state index contributed by atoms with van der Waals surface area (Å²) in [7, 11) is 0. The van der Waals surface area contributed by atoms with Gasteiger partial charge in [0.2, 0.25) is 0 Å². The maximum Gasteiger partial charge on any atom is 0.113 e. The van der Waals surface area contributed by atoms with Gasteiger partial charge in [0.15, 0.2) is 0 Å². The summed E-state index contributed by atoms with van der Waals surface area (Å²) in [6.45, 7) is 0.882. The minimum absolute atomic E-state index is 0.709. The quantitative estimate of drug-likeness (QED) is 0.589. The van der Waals surface area contributed by atoms with Crippen molar-refractivity contribution < 1.29 is 0 Å². The number of hydrogen-bond acceptors (Lipinski definition) is 2. The van der Waals surface area contributed by atoms with Crippen molar-refractivity contribution in [3.8, 4) is 11.3 Å². The molecule has 1 aromatic heterocycles. The van der Waals surface area contributed by atoms with Crippen molar-refractivity contribution in [1.29, 1.82) is 0 Å². The van der Waals surface area contributed by atoms with E-state index in [4.69, 9.17) is 11.6 Å². The Kier molecular flexibility index (Phi) is 3.94. The van der Waals surface area contributed by atoms with Crippen LogP contribution in [0.4, 0.5) is 0 Å². The van der Waals surface area contributed by atoms with E-state index in [0.717, 1.165) is 30.6 Å². The number of aryl methyl sites for hydroxylation is 1. The topological polar surface area (TPSA) is 30.7 Å². The molecule has 3 nitrogen and oxygen atoms in total. The Hall–Kier alpha value is -1.35. The second kappa shape index (κ2) is 5.66. The van der Waals surface area contributed by atoms with Crippen LogP contribution in [0.5, 0.6) is 0 Å². The van der Waals surface area contributed by atoms with Crippen molar-refractivity contribution in [2.24, 2.45) is 0 Å². The van der Waals surface area contributed by atoms with Crippen LogP contribution < -0.4 is 0 Å². The van der Waals surface area contributed by atoms with Crippen LogP contribution in [0.15, 0.2) is 36.5 Å². The van der Waals surface area contributed by atoms with Crippen LogP contribution in [-0.2, 0) is 6.54 Å². The van der Waals surface area contributed by atoms with Crippen molar-refractivity contribution in [3.63, 3.8) is 0 Å². The number of rotatable bonds is 5. The molecule has 84 valence electrons. The minimum atomic E-state index is 0.709. The zero-order valence-corrected chi connectivity index (χ0v) is 9.77. The standard InChI is InChI=1S/C12H14ClN3/c13-8-4-5-9-16-10-12(14-15-16)11-6-2-1-3-7-11/h1-3,6-7,10H,4-5,8-9H2. The Morgan fingerprint density at radius 3 is 2.69 bits per heavy atom. The summed E-state index contributed by atoms with van der Waals surface area (Å²) in [5.74, 6) is 0.709. The Balaban J connectivity index is 2.02. The van der Waals surface area contributed by atoms with E-state index in [1.165, 1.54) is 0 Å². The number of unbranched alkanes of at least 4 members (excludes halogenated alkanes) is 1. The molecular formula is C12H14ClN3. The predicted octanol–water partition coefficient (Wildman–Crippen LogP) is 2.96. The summed E-state index contributed by atoms with van der Waals surface area (Å²) in [5.41, 5.74) is 2.03. The average molecular weight is 236 g/mol. The smallest absolute Gasteiger partial charge is 0.113 e. The zero-order valence-electron chi connectivity index (χ0n) is 9.01. The first-order chi connectivity index (χ1) is 7.90. The summed E-state index contributed by atoms with van der Waals surface area (Å²) in [6, 6.07) is 10.1. The molecule has 16 heavy (non-hydrogen) atoms. The molecule has 0 radical (unpaired) electrons. The van der Waals surface area contributed by atoms with E-state index in [1.807, 2.05) is 41.2 Å². The molecule has 0 amide bonds. The monoisotopic (exact) mass is 235 g/mol. The first-order valence-corrected chi connectivity index (χ1v) is 5.95. The summed E-state index contributed by atoms with van der Waals surface area (Å²) in [4.78, 5) is 0. The van der Waals surface area contributed by atoms with E-state index < -0.39 is 0 Å². The van der Waals surface area contributed by atoms with Crippen molar-refractivity contribution in [1.82, 2.24) is 15.0 Å². The van der Waals surface area contributed by atoms with Gasteiger partial charge in [-0.3, -0.25) is 4.68 Å². The van der Waals surface area contributed by atoms with Gasteiger partial charge in [-0.2, -0.15) is 0 Å². The largest absolute Gasteiger partial charge is 0.252 e. The maximum absolute atomic E-state index is 5.62. The molecule has 0 N–H and O–H groups in total. The summed E-state index contributed by atoms with van der Waals surface area (Å²) < 4.78 is 1.87. The van der Waals surface area contributed by atoms with Crippen LogP contribution in [-0.4, -0.2) is 20.9 Å². The van der Waals surface area contributed by atoms with Gasteiger partial charge in [0.25, 0.3) is 0 Å². The minimum Gasteiger partial charge on any atom is -0.252 e. The van der Waals surface area contributed by atoms with Crippen LogP contribution in [0.1, 0.15) is 12.8 Å². The Morgan fingerprint density at radius 1 is 1.12 bits per heavy atom. The van der Waals surface area contributed by atoms with Gasteiger partial charge in [-0.1, -0.05) is 35.5 Å². The lowest BCUT2D eigenvalue weighted by atomic mass is 10.2. The fourth-order valence-electron chi connectivity index (χ4n) is 1.52. The number of nitrogens with zero attached hydrogens (tertiary/aromatic N) is 3. The van der Waals surface area contributed by atoms with E-state index in [-0.39, 0.29) is 0 Å². The lowest BCUT2D eigenvalue weighted by Crippen LogP contribution is -1.98. The predicted molar refractivity (Wildman–Crippen MR) is 65.4 cm³/mol. The molecule has 0 aliphatic carbocycles. The van der Waals surface area contributed by atoms with Gasteiger partial charge in [-0.05, 0) is 12.8 Å². The Morgan fingerprint density at radius 2 is 1.94 bits per heavy atom. The van der Waals surface area contributed by atoms with E-state index in [0.29, 0.717) is 5.88 Å². The van der Waals surface area contributed by atoms with E-state index in [9.17, 15) is 0 Å². The fourth-order valence-corrected chi connectivity index (χ4v) is 1.71. The summed E-state index contributed by atoms with van der Waals surface area (Å²) >= 11 is 5.62. The average Bonchev–Trinajstić information content (AvgIpc) is 2.79. The SMILES string of the molecule is ClCCCCn1cc(-c2ccccc2)nn1. The molecule has 4 heteroatoms. The van der Waals surface area contributed by atoms with Gasteiger partial charge >= 0.3 is 0 Å². The first-order valence-electron chi connectivity index (χ1n) is 5.41. The lowest BCUT2D eigenvalue weighted by molar-refractivity contribution is 0.554. The third kappa shape index (κ3) is 2.83. The van der Waals surface area contributed by atoms with Crippen LogP contribution in [0, 0.1) is 0 Å². The molecule has 1 heterocycles. The highest BCUT2D eigenvalue weighted by atomic mass is 35.5. The van der Waals surface area contributed by atoms with E-state index >= 15 is 0 Å². The van der Waals surface area contributed by atoms with Gasteiger partial charge in [0.05, 0.1) is 6.20 Å². The summed E-state index contributed by atoms with van der Waals surface area (Å²) in [5, 5.41) is 8.23. The number of benzene rings is 1. The summed E-state index contributed by atoms with van der Waals surface area (Å²) in [6.07, 6.45) is 4.03. The number of halogens is 1. The van der Waals surface area contributed by atoms with Crippen molar-refractivity contribution in [2.75, 3.05) is 5.88 Å². The highest BCUT2D eigenvalue weighted by Gasteiger charge is 2.02. The number of alkyl halides is 1. The second-order valence-electron chi connectivity index (χ2n) is 3.63. The first kappa shape index (κ1) is 11.1. The third-order valence-electron chi connectivity index (χ3n) is 2.38. The van der Waals surface area contributed by atoms with Crippen molar-refractivity contribution >= 4 is 11.6 Å². The molecule has 0 unspecified atom stereocenters. The zero-order chi connectivity index (χ0) is 11.2. The van der Waals surface area contributed by atoms with Gasteiger partial charge in [0, 0.05) is 18.0 Å². The van der Waals surface area contributed by atoms with E-state index in [2.05, 4.69) is 10.3 Å². The molecule has 0 bridgehead atoms. The molecule has 0 aliphatic rings. The number of aromatic nitrogens is 3. The molecule has 0 spiro atoms. The van der Waals surface area contributed by atoms with Crippen molar-refractivity contribution in [3.05, 3.63) is 36.5 Å². The fraction of sp³-hybridized carbons (Fsp3) is 0.333. The van der Waals surface area contributed by atoms with Gasteiger partial charge in [0.1, 0.15) is 5.69 Å². The van der Waals surface area contributed by atoms with Crippen LogP contribution in [0.25, 0.3) is 11.3 Å². The van der Waals surface area contributed by atoms with Gasteiger partial charge in [-0.25, -0.2) is 0 Å². The molecule has 0 atom stereocenters. The van der Waals surface area contributed by atoms with Crippen LogP contribution in [0.2, 0.25) is 0 Å². The molecule has 2 rings (SSSR count). The molecular weight excluding hydrogens is 222 g/mol. The highest BCUT2D eigenvalue weighted by molar-refractivity contribution is 6.17.